The summed E-state index contributed by atoms with van der Waals surface area (Å²) in [5.74, 6) is -2.31. The molecule has 0 aliphatic carbocycles. The van der Waals surface area contributed by atoms with Crippen LogP contribution >= 0.6 is 0 Å². The van der Waals surface area contributed by atoms with Crippen LogP contribution < -0.4 is 5.11 Å². The Kier molecular flexibility index (Phi) is 48.7. The van der Waals surface area contributed by atoms with Gasteiger partial charge in [-0.2, -0.15) is 0 Å². The van der Waals surface area contributed by atoms with Crippen LogP contribution in [0.15, 0.2) is 72.9 Å². The van der Waals surface area contributed by atoms with Gasteiger partial charge < -0.3 is 33.3 Å². The van der Waals surface area contributed by atoms with Crippen LogP contribution in [0.5, 0.6) is 0 Å². The molecule has 69 heavy (non-hydrogen) atoms. The highest BCUT2D eigenvalue weighted by molar-refractivity contribution is 5.70. The number of carboxylic acid groups (broad SMARTS) is 1. The second-order valence-electron chi connectivity index (χ2n) is 19.8. The normalized spacial score (nSPS) is 13.3. The van der Waals surface area contributed by atoms with Crippen LogP contribution in [0.25, 0.3) is 0 Å². The molecule has 0 spiro atoms. The fraction of sp³-hybridized carbons (Fsp3) is 0.750. The predicted octanol–water partition coefficient (Wildman–Crippen LogP) is 14.9. The van der Waals surface area contributed by atoms with Gasteiger partial charge in [0, 0.05) is 12.8 Å². The predicted molar refractivity (Wildman–Crippen MR) is 288 cm³/mol. The minimum Gasteiger partial charge on any atom is -0.545 e. The summed E-state index contributed by atoms with van der Waals surface area (Å²) in [5, 5.41) is 11.8. The number of carbonyl (C=O) groups excluding carboxylic acids is 3. The molecule has 0 saturated carbocycles. The highest BCUT2D eigenvalue weighted by Gasteiger charge is 2.22. The Balaban J connectivity index is 4.21. The second-order valence-corrected chi connectivity index (χ2v) is 19.8. The number of carbonyl (C=O) groups is 3. The summed E-state index contributed by atoms with van der Waals surface area (Å²) in [6.07, 6.45) is 62.4. The van der Waals surface area contributed by atoms with Crippen LogP contribution in [0.3, 0.4) is 0 Å². The maximum atomic E-state index is 12.8. The van der Waals surface area contributed by atoms with E-state index in [1.54, 1.807) is 0 Å². The highest BCUT2D eigenvalue weighted by atomic mass is 16.7. The van der Waals surface area contributed by atoms with Gasteiger partial charge in [0.15, 0.2) is 12.4 Å². The van der Waals surface area contributed by atoms with E-state index in [9.17, 15) is 19.5 Å². The summed E-state index contributed by atoms with van der Waals surface area (Å²) >= 11 is 0. The lowest BCUT2D eigenvalue weighted by Crippen LogP contribution is -2.44. The lowest BCUT2D eigenvalue weighted by molar-refractivity contribution is -0.870. The van der Waals surface area contributed by atoms with Crippen LogP contribution in [0.2, 0.25) is 0 Å². The number of unbranched alkanes of at least 4 members (excludes halogenated alkanes) is 24. The topological polar surface area (TPSA) is 111 Å². The Morgan fingerprint density at radius 3 is 1.23 bits per heavy atom. The summed E-state index contributed by atoms with van der Waals surface area (Å²) in [4.78, 5) is 37.2. The Labute approximate surface area is 424 Å². The largest absolute Gasteiger partial charge is 0.545 e. The van der Waals surface area contributed by atoms with Gasteiger partial charge in [-0.05, 0) is 83.5 Å². The molecule has 0 aromatic rings. The number of allylic oxidation sites excluding steroid dienone is 12. The average molecular weight is 968 g/mol. The van der Waals surface area contributed by atoms with E-state index in [0.717, 1.165) is 89.9 Å². The Morgan fingerprint density at radius 2 is 0.826 bits per heavy atom. The number of rotatable bonds is 51. The van der Waals surface area contributed by atoms with Crippen molar-refractivity contribution >= 4 is 17.9 Å². The SMILES string of the molecule is CC/C=C\C/C=C\C/C=C\CCCCCCCC(=O)OCC(COC(OCC[N+](C)(C)C)C(=O)[O-])OC(=O)CCCCCCCCCCCCCCCC/C=C\C/C=C\C/C=C\CCCCCCC. The molecule has 0 aliphatic rings. The molecule has 0 aromatic heterocycles. The van der Waals surface area contributed by atoms with E-state index in [1.165, 1.54) is 109 Å². The lowest BCUT2D eigenvalue weighted by Gasteiger charge is -2.26. The third-order valence-corrected chi connectivity index (χ3v) is 11.9. The quantitative estimate of drug-likeness (QED) is 0.0195. The molecule has 0 N–H and O–H groups in total. The van der Waals surface area contributed by atoms with Crippen molar-refractivity contribution in [2.24, 2.45) is 0 Å². The van der Waals surface area contributed by atoms with Gasteiger partial charge in [-0.25, -0.2) is 0 Å². The van der Waals surface area contributed by atoms with Crippen molar-refractivity contribution in [3.63, 3.8) is 0 Å². The lowest BCUT2D eigenvalue weighted by atomic mass is 10.0. The molecule has 0 heterocycles. The first-order valence-corrected chi connectivity index (χ1v) is 28.1. The van der Waals surface area contributed by atoms with Crippen molar-refractivity contribution in [2.75, 3.05) is 47.5 Å². The van der Waals surface area contributed by atoms with Crippen molar-refractivity contribution in [1.82, 2.24) is 0 Å². The summed E-state index contributed by atoms with van der Waals surface area (Å²) in [5.41, 5.74) is 0. The number of likely N-dealkylation sites (N-methyl/N-ethyl adjacent to an activating group) is 1. The highest BCUT2D eigenvalue weighted by Crippen LogP contribution is 2.15. The van der Waals surface area contributed by atoms with Gasteiger partial charge in [-0.1, -0.05) is 209 Å². The smallest absolute Gasteiger partial charge is 0.306 e. The van der Waals surface area contributed by atoms with Crippen LogP contribution in [0.4, 0.5) is 0 Å². The van der Waals surface area contributed by atoms with Crippen LogP contribution in [-0.4, -0.2) is 82.3 Å². The van der Waals surface area contributed by atoms with Gasteiger partial charge in [-0.3, -0.25) is 9.59 Å². The Bertz CT molecular complexity index is 1360. The molecule has 2 unspecified atom stereocenters. The zero-order valence-electron chi connectivity index (χ0n) is 45.2. The van der Waals surface area contributed by atoms with Gasteiger partial charge in [0.05, 0.1) is 40.3 Å². The second kappa shape index (κ2) is 51.1. The molecule has 9 nitrogen and oxygen atoms in total. The standard InChI is InChI=1S/C60H105NO8/c1-6-8-10-12-14-16-18-20-22-23-24-25-26-27-28-29-30-31-32-33-34-35-37-39-41-43-45-47-49-51-58(63)69-56(55-68-60(59(64)65)66-53-52-61(3,4)5)54-67-57(62)50-48-46-44-42-40-38-36-21-19-17-15-13-11-9-7-2/h9,11,15,17-18,20-21,23-24,26-27,36,56,60H,6-8,10,12-14,16,19,22,25,28-35,37-55H2,1-5H3/b11-9-,17-15-,20-18-,24-23-,27-26-,36-21-. The zero-order valence-corrected chi connectivity index (χ0v) is 45.2. The van der Waals surface area contributed by atoms with E-state index in [2.05, 4.69) is 86.8 Å². The van der Waals surface area contributed by atoms with Gasteiger partial charge in [-0.15, -0.1) is 0 Å². The number of ether oxygens (including phenoxy) is 4. The molecule has 0 aliphatic heterocycles. The van der Waals surface area contributed by atoms with Crippen LogP contribution in [0, 0.1) is 0 Å². The number of quaternary nitrogens is 1. The van der Waals surface area contributed by atoms with Gasteiger partial charge >= 0.3 is 11.9 Å². The summed E-state index contributed by atoms with van der Waals surface area (Å²) in [6.45, 7) is 4.60. The number of hydrogen-bond acceptors (Lipinski definition) is 8. The van der Waals surface area contributed by atoms with Crippen molar-refractivity contribution in [3.8, 4) is 0 Å². The van der Waals surface area contributed by atoms with Gasteiger partial charge in [0.2, 0.25) is 0 Å². The molecule has 0 rings (SSSR count). The van der Waals surface area contributed by atoms with Gasteiger partial charge in [0.25, 0.3) is 0 Å². The van der Waals surface area contributed by atoms with E-state index in [4.69, 9.17) is 18.9 Å². The first-order valence-electron chi connectivity index (χ1n) is 28.1. The molecule has 0 saturated heterocycles. The van der Waals surface area contributed by atoms with Crippen molar-refractivity contribution in [2.45, 2.75) is 245 Å². The van der Waals surface area contributed by atoms with E-state index in [-0.39, 0.29) is 38.6 Å². The zero-order chi connectivity index (χ0) is 50.6. The van der Waals surface area contributed by atoms with Crippen molar-refractivity contribution < 1.29 is 42.9 Å². The number of hydrogen-bond donors (Lipinski definition) is 0. The van der Waals surface area contributed by atoms with E-state index in [1.807, 2.05) is 21.1 Å². The molecule has 0 fully saturated rings. The van der Waals surface area contributed by atoms with E-state index >= 15 is 0 Å². The average Bonchev–Trinajstić information content (AvgIpc) is 3.31. The molecular formula is C60H105NO8. The Hall–Kier alpha value is -3.27. The maximum Gasteiger partial charge on any atom is 0.306 e. The molecule has 2 atom stereocenters. The first-order chi connectivity index (χ1) is 33.6. The summed E-state index contributed by atoms with van der Waals surface area (Å²) < 4.78 is 22.6. The van der Waals surface area contributed by atoms with Crippen molar-refractivity contribution in [1.29, 1.82) is 0 Å². The van der Waals surface area contributed by atoms with E-state index < -0.39 is 24.3 Å². The molecule has 9 heteroatoms. The summed E-state index contributed by atoms with van der Waals surface area (Å²) in [6, 6.07) is 0. The number of esters is 2. The van der Waals surface area contributed by atoms with Crippen LogP contribution in [0.1, 0.15) is 232 Å². The van der Waals surface area contributed by atoms with Crippen LogP contribution in [-0.2, 0) is 33.3 Å². The third-order valence-electron chi connectivity index (χ3n) is 11.9. The molecule has 398 valence electrons. The first kappa shape index (κ1) is 65.7. The molecule has 0 bridgehead atoms. The minimum absolute atomic E-state index is 0.142. The summed E-state index contributed by atoms with van der Waals surface area (Å²) in [7, 11) is 5.91. The number of aliphatic carboxylic acids is 1. The molecule has 0 radical (unpaired) electrons. The Morgan fingerprint density at radius 1 is 0.449 bits per heavy atom. The third kappa shape index (κ3) is 52.4. The fourth-order valence-corrected chi connectivity index (χ4v) is 7.62. The number of nitrogens with zero attached hydrogens (tertiary/aromatic N) is 1. The minimum atomic E-state index is -1.63. The molecule has 0 amide bonds. The maximum absolute atomic E-state index is 12.8. The van der Waals surface area contributed by atoms with Gasteiger partial charge in [0.1, 0.15) is 13.2 Å². The fourth-order valence-electron chi connectivity index (χ4n) is 7.62. The van der Waals surface area contributed by atoms with Crippen molar-refractivity contribution in [3.05, 3.63) is 72.9 Å². The monoisotopic (exact) mass is 968 g/mol. The number of carboxylic acids is 1. The molecular weight excluding hydrogens is 863 g/mol. The van der Waals surface area contributed by atoms with E-state index in [0.29, 0.717) is 17.4 Å². The molecule has 0 aromatic carbocycles.